The molecule has 1 aromatic carbocycles. The molecule has 0 atom stereocenters. The molecule has 1 aromatic heterocycles. The fourth-order valence-corrected chi connectivity index (χ4v) is 3.51. The fraction of sp³-hybridized carbons (Fsp3) is 0.421. The van der Waals surface area contributed by atoms with Gasteiger partial charge in [-0.1, -0.05) is 25.0 Å². The minimum absolute atomic E-state index is 0.0496. The SMILES string of the molecule is CNc1ncn(CC(=O)Nc2ccc(C3CCCC3)cc2)c1C(C)=O. The number of imidazole rings is 1. The van der Waals surface area contributed by atoms with E-state index in [1.165, 1.54) is 44.5 Å². The number of anilines is 2. The number of benzene rings is 1. The highest BCUT2D eigenvalue weighted by Gasteiger charge is 2.18. The summed E-state index contributed by atoms with van der Waals surface area (Å²) in [6.07, 6.45) is 6.63. The molecule has 1 aliphatic rings. The van der Waals surface area contributed by atoms with Crippen LogP contribution in [0, 0.1) is 0 Å². The molecule has 1 fully saturated rings. The number of Topliss-reactive ketones (excluding diaryl/α,β-unsaturated/α-hetero) is 1. The Hall–Kier alpha value is -2.63. The number of rotatable bonds is 6. The van der Waals surface area contributed by atoms with Crippen LogP contribution in [0.15, 0.2) is 30.6 Å². The quantitative estimate of drug-likeness (QED) is 0.790. The number of carbonyl (C=O) groups is 2. The van der Waals surface area contributed by atoms with Crippen molar-refractivity contribution in [2.24, 2.45) is 0 Å². The smallest absolute Gasteiger partial charge is 0.244 e. The van der Waals surface area contributed by atoms with Crippen LogP contribution in [0.3, 0.4) is 0 Å². The number of hydrogen-bond acceptors (Lipinski definition) is 4. The highest BCUT2D eigenvalue weighted by molar-refractivity contribution is 5.98. The number of nitrogens with one attached hydrogen (secondary N) is 2. The summed E-state index contributed by atoms with van der Waals surface area (Å²) in [5.74, 6) is 0.835. The van der Waals surface area contributed by atoms with E-state index < -0.39 is 0 Å². The molecule has 2 aromatic rings. The van der Waals surface area contributed by atoms with Crippen LogP contribution >= 0.6 is 0 Å². The second kappa shape index (κ2) is 7.51. The number of nitrogens with zero attached hydrogens (tertiary/aromatic N) is 2. The van der Waals surface area contributed by atoms with Crippen molar-refractivity contribution in [1.82, 2.24) is 9.55 Å². The summed E-state index contributed by atoms with van der Waals surface area (Å²) in [6.45, 7) is 1.52. The minimum atomic E-state index is -0.184. The maximum absolute atomic E-state index is 12.3. The van der Waals surface area contributed by atoms with Crippen molar-refractivity contribution in [2.75, 3.05) is 17.7 Å². The van der Waals surface area contributed by atoms with Gasteiger partial charge in [0.15, 0.2) is 11.6 Å². The van der Waals surface area contributed by atoms with E-state index in [-0.39, 0.29) is 18.2 Å². The molecular formula is C19H24N4O2. The Morgan fingerprint density at radius 3 is 2.48 bits per heavy atom. The number of hydrogen-bond donors (Lipinski definition) is 2. The topological polar surface area (TPSA) is 76.0 Å². The summed E-state index contributed by atoms with van der Waals surface area (Å²) < 4.78 is 1.57. The van der Waals surface area contributed by atoms with Gasteiger partial charge >= 0.3 is 0 Å². The average Bonchev–Trinajstić information content (AvgIpc) is 3.24. The molecule has 132 valence electrons. The van der Waals surface area contributed by atoms with Crippen molar-refractivity contribution >= 4 is 23.2 Å². The predicted octanol–water partition coefficient (Wildman–Crippen LogP) is 3.42. The Labute approximate surface area is 147 Å². The van der Waals surface area contributed by atoms with E-state index in [9.17, 15) is 9.59 Å². The van der Waals surface area contributed by atoms with Crippen LogP contribution in [0.1, 0.15) is 54.6 Å². The molecule has 0 bridgehead atoms. The molecule has 1 aliphatic carbocycles. The lowest BCUT2D eigenvalue weighted by molar-refractivity contribution is -0.116. The van der Waals surface area contributed by atoms with Crippen molar-refractivity contribution in [3.63, 3.8) is 0 Å². The van der Waals surface area contributed by atoms with Crippen LogP contribution < -0.4 is 10.6 Å². The molecule has 6 nitrogen and oxygen atoms in total. The highest BCUT2D eigenvalue weighted by Crippen LogP contribution is 2.34. The molecule has 0 radical (unpaired) electrons. The van der Waals surface area contributed by atoms with E-state index >= 15 is 0 Å². The molecular weight excluding hydrogens is 316 g/mol. The third kappa shape index (κ3) is 3.90. The molecule has 25 heavy (non-hydrogen) atoms. The third-order valence-corrected chi connectivity index (χ3v) is 4.74. The molecule has 0 saturated heterocycles. The van der Waals surface area contributed by atoms with Crippen LogP contribution in [0.25, 0.3) is 0 Å². The van der Waals surface area contributed by atoms with E-state index in [1.54, 1.807) is 11.6 Å². The van der Waals surface area contributed by atoms with Gasteiger partial charge in [-0.2, -0.15) is 0 Å². The Bertz CT molecular complexity index is 758. The van der Waals surface area contributed by atoms with Crippen molar-refractivity contribution in [1.29, 1.82) is 0 Å². The van der Waals surface area contributed by atoms with Gasteiger partial charge in [0, 0.05) is 19.7 Å². The van der Waals surface area contributed by atoms with Crippen molar-refractivity contribution in [2.45, 2.75) is 45.1 Å². The van der Waals surface area contributed by atoms with Crippen LogP contribution in [0.4, 0.5) is 11.5 Å². The first-order valence-electron chi connectivity index (χ1n) is 8.72. The summed E-state index contributed by atoms with van der Waals surface area (Å²) >= 11 is 0. The average molecular weight is 340 g/mol. The first-order chi connectivity index (χ1) is 12.1. The second-order valence-corrected chi connectivity index (χ2v) is 6.53. The summed E-state index contributed by atoms with van der Waals surface area (Å²) in [4.78, 5) is 28.2. The summed E-state index contributed by atoms with van der Waals surface area (Å²) in [5.41, 5.74) is 2.53. The maximum Gasteiger partial charge on any atom is 0.244 e. The van der Waals surface area contributed by atoms with Gasteiger partial charge in [0.1, 0.15) is 12.2 Å². The van der Waals surface area contributed by atoms with Gasteiger partial charge in [-0.05, 0) is 36.5 Å². The Balaban J connectivity index is 1.65. The van der Waals surface area contributed by atoms with E-state index in [1.807, 2.05) is 12.1 Å². The van der Waals surface area contributed by atoms with Gasteiger partial charge in [-0.15, -0.1) is 0 Å². The van der Waals surface area contributed by atoms with Crippen LogP contribution in [0.2, 0.25) is 0 Å². The molecule has 6 heteroatoms. The fourth-order valence-electron chi connectivity index (χ4n) is 3.51. The lowest BCUT2D eigenvalue weighted by Crippen LogP contribution is -2.20. The van der Waals surface area contributed by atoms with E-state index in [0.717, 1.165) is 5.69 Å². The van der Waals surface area contributed by atoms with Crippen LogP contribution in [-0.4, -0.2) is 28.3 Å². The van der Waals surface area contributed by atoms with Crippen molar-refractivity contribution in [3.05, 3.63) is 41.9 Å². The number of amides is 1. The minimum Gasteiger partial charge on any atom is -0.371 e. The Morgan fingerprint density at radius 1 is 1.20 bits per heavy atom. The van der Waals surface area contributed by atoms with E-state index in [2.05, 4.69) is 27.8 Å². The molecule has 3 rings (SSSR count). The molecule has 0 aliphatic heterocycles. The van der Waals surface area contributed by atoms with Gasteiger partial charge in [-0.25, -0.2) is 4.98 Å². The highest BCUT2D eigenvalue weighted by atomic mass is 16.2. The maximum atomic E-state index is 12.3. The Morgan fingerprint density at radius 2 is 1.88 bits per heavy atom. The first-order valence-corrected chi connectivity index (χ1v) is 8.72. The van der Waals surface area contributed by atoms with Gasteiger partial charge in [0.25, 0.3) is 0 Å². The summed E-state index contributed by atoms with van der Waals surface area (Å²) in [6, 6.07) is 8.10. The van der Waals surface area contributed by atoms with Crippen molar-refractivity contribution in [3.8, 4) is 0 Å². The third-order valence-electron chi connectivity index (χ3n) is 4.74. The summed E-state index contributed by atoms with van der Waals surface area (Å²) in [5, 5.41) is 5.75. The standard InChI is InChI=1S/C19H24N4O2/c1-13(24)18-19(20-2)21-12-23(18)11-17(25)22-16-9-7-15(8-10-16)14-5-3-4-6-14/h7-10,12,14,20H,3-6,11H2,1-2H3,(H,22,25). The zero-order valence-electron chi connectivity index (χ0n) is 14.7. The number of ketones is 1. The first kappa shape index (κ1) is 17.2. The van der Waals surface area contributed by atoms with Crippen molar-refractivity contribution < 1.29 is 9.59 Å². The monoisotopic (exact) mass is 340 g/mol. The Kier molecular flexibility index (Phi) is 5.16. The summed E-state index contributed by atoms with van der Waals surface area (Å²) in [7, 11) is 1.70. The molecule has 1 amide bonds. The molecule has 2 N–H and O–H groups in total. The largest absolute Gasteiger partial charge is 0.371 e. The van der Waals surface area contributed by atoms with E-state index in [4.69, 9.17) is 0 Å². The van der Waals surface area contributed by atoms with Crippen LogP contribution in [-0.2, 0) is 11.3 Å². The lowest BCUT2D eigenvalue weighted by atomic mass is 9.98. The number of carbonyl (C=O) groups excluding carboxylic acids is 2. The molecule has 0 spiro atoms. The lowest BCUT2D eigenvalue weighted by Gasteiger charge is -2.11. The van der Waals surface area contributed by atoms with E-state index in [0.29, 0.717) is 17.4 Å². The second-order valence-electron chi connectivity index (χ2n) is 6.53. The van der Waals surface area contributed by atoms with Gasteiger partial charge in [0.05, 0.1) is 6.33 Å². The van der Waals surface area contributed by atoms with Gasteiger partial charge < -0.3 is 15.2 Å². The van der Waals surface area contributed by atoms with Gasteiger partial charge in [-0.3, -0.25) is 9.59 Å². The predicted molar refractivity (Wildman–Crippen MR) is 98.1 cm³/mol. The number of aromatic nitrogens is 2. The normalized spacial score (nSPS) is 14.5. The van der Waals surface area contributed by atoms with Crippen LogP contribution in [0.5, 0.6) is 0 Å². The molecule has 0 unspecified atom stereocenters. The van der Waals surface area contributed by atoms with Gasteiger partial charge in [0.2, 0.25) is 5.91 Å². The zero-order valence-corrected chi connectivity index (χ0v) is 14.7. The molecule has 1 saturated carbocycles. The molecule has 1 heterocycles. The zero-order chi connectivity index (χ0) is 17.8.